The number of aromatic nitrogens is 1. The van der Waals surface area contributed by atoms with Crippen LogP contribution in [0.1, 0.15) is 54.3 Å². The Labute approximate surface area is 235 Å². The van der Waals surface area contributed by atoms with E-state index in [1.165, 1.54) is 37.6 Å². The summed E-state index contributed by atoms with van der Waals surface area (Å²) in [6, 6.07) is 7.49. The number of oxazole rings is 1. The third-order valence-electron chi connectivity index (χ3n) is 7.46. The molecule has 4 heterocycles. The molecule has 0 aliphatic carbocycles. The zero-order valence-electron chi connectivity index (χ0n) is 22.8. The van der Waals surface area contributed by atoms with Crippen molar-refractivity contribution in [1.82, 2.24) is 9.88 Å². The first-order chi connectivity index (χ1) is 19.1. The van der Waals surface area contributed by atoms with Crippen LogP contribution in [0.5, 0.6) is 5.75 Å². The average molecular weight is 572 g/mol. The number of benzene rings is 1. The van der Waals surface area contributed by atoms with Crippen LogP contribution in [0.3, 0.4) is 0 Å². The quantitative estimate of drug-likeness (QED) is 0.387. The molecular weight excluding hydrogens is 538 g/mol. The summed E-state index contributed by atoms with van der Waals surface area (Å²) in [4.78, 5) is 33.7. The van der Waals surface area contributed by atoms with E-state index >= 15 is 0 Å². The molecule has 2 aliphatic rings. The van der Waals surface area contributed by atoms with Gasteiger partial charge in [-0.2, -0.15) is 0 Å². The Hall–Kier alpha value is -3.45. The van der Waals surface area contributed by atoms with Gasteiger partial charge in [0.15, 0.2) is 0 Å². The first kappa shape index (κ1) is 28.1. The molecule has 0 saturated carbocycles. The van der Waals surface area contributed by atoms with Crippen LogP contribution < -0.4 is 9.64 Å². The smallest absolute Gasteiger partial charge is 0.329 e. The summed E-state index contributed by atoms with van der Waals surface area (Å²) >= 11 is 1.26. The van der Waals surface area contributed by atoms with Crippen LogP contribution in [0, 0.1) is 6.92 Å². The lowest BCUT2D eigenvalue weighted by atomic mass is 9.98. The number of aliphatic hydroxyl groups excluding tert-OH is 1. The number of anilines is 1. The predicted molar refractivity (Wildman–Crippen MR) is 146 cm³/mol. The van der Waals surface area contributed by atoms with E-state index in [1.54, 1.807) is 18.9 Å². The number of thiophene rings is 1. The van der Waals surface area contributed by atoms with Crippen LogP contribution in [-0.2, 0) is 14.3 Å². The number of ether oxygens (including phenoxy) is 3. The van der Waals surface area contributed by atoms with E-state index in [9.17, 15) is 19.8 Å². The van der Waals surface area contributed by atoms with E-state index in [4.69, 9.17) is 18.6 Å². The highest BCUT2D eigenvalue weighted by molar-refractivity contribution is 7.20. The Morgan fingerprint density at radius 1 is 1.27 bits per heavy atom. The zero-order valence-corrected chi connectivity index (χ0v) is 23.6. The largest absolute Gasteiger partial charge is 0.496 e. The molecule has 5 rings (SSSR count). The third-order valence-corrected chi connectivity index (χ3v) is 8.77. The molecule has 40 heavy (non-hydrogen) atoms. The number of amides is 1. The van der Waals surface area contributed by atoms with Crippen LogP contribution in [0.4, 0.5) is 5.00 Å². The molecule has 0 radical (unpaired) electrons. The zero-order chi connectivity index (χ0) is 28.6. The van der Waals surface area contributed by atoms with Crippen molar-refractivity contribution in [1.29, 1.82) is 0 Å². The summed E-state index contributed by atoms with van der Waals surface area (Å²) in [6.07, 6.45) is 2.12. The second-order valence-electron chi connectivity index (χ2n) is 10.3. The number of hydrogen-bond donors (Lipinski definition) is 2. The van der Waals surface area contributed by atoms with Gasteiger partial charge in [-0.15, -0.1) is 11.3 Å². The maximum Gasteiger partial charge on any atom is 0.329 e. The Kier molecular flexibility index (Phi) is 7.87. The molecule has 0 bridgehead atoms. The molecule has 2 N–H and O–H groups in total. The third kappa shape index (κ3) is 4.96. The molecule has 214 valence electrons. The summed E-state index contributed by atoms with van der Waals surface area (Å²) in [5.41, 5.74) is -0.0596. The van der Waals surface area contributed by atoms with Gasteiger partial charge in [0.2, 0.25) is 12.2 Å². The molecule has 1 amide bonds. The van der Waals surface area contributed by atoms with Gasteiger partial charge in [-0.1, -0.05) is 18.2 Å². The Morgan fingerprint density at radius 2 is 2.00 bits per heavy atom. The molecule has 2 aromatic heterocycles. The molecule has 1 fully saturated rings. The molecule has 0 spiro atoms. The van der Waals surface area contributed by atoms with Crippen molar-refractivity contribution < 1.29 is 38.4 Å². The molecule has 1 aromatic carbocycles. The summed E-state index contributed by atoms with van der Waals surface area (Å²) in [6.45, 7) is 5.83. The van der Waals surface area contributed by atoms with Gasteiger partial charge in [-0.3, -0.25) is 9.69 Å². The van der Waals surface area contributed by atoms with E-state index in [1.807, 2.05) is 24.3 Å². The summed E-state index contributed by atoms with van der Waals surface area (Å²) in [7, 11) is 1.58. The molecular formula is C28H33N3O8S. The van der Waals surface area contributed by atoms with E-state index in [0.717, 1.165) is 10.5 Å². The highest BCUT2D eigenvalue weighted by Crippen LogP contribution is 2.47. The fraction of sp³-hybridized carbons (Fsp3) is 0.464. The SMILES string of the molecule is COc1ccccc1[C@H](CN1c2sc(-c3ncco3)c(C)c2C(=O)N(C(C)(C)C(=O)O)C1O)OC1CCOCC1. The van der Waals surface area contributed by atoms with Crippen molar-refractivity contribution in [3.8, 4) is 16.5 Å². The van der Waals surface area contributed by atoms with E-state index < -0.39 is 29.9 Å². The van der Waals surface area contributed by atoms with Crippen LogP contribution >= 0.6 is 11.3 Å². The number of carbonyl (C=O) groups is 2. The van der Waals surface area contributed by atoms with Crippen LogP contribution in [-0.4, -0.2) is 76.8 Å². The molecule has 1 unspecified atom stereocenters. The topological polar surface area (TPSA) is 135 Å². The van der Waals surface area contributed by atoms with Gasteiger partial charge in [-0.25, -0.2) is 9.78 Å². The van der Waals surface area contributed by atoms with Crippen molar-refractivity contribution in [2.24, 2.45) is 0 Å². The van der Waals surface area contributed by atoms with Gasteiger partial charge in [0.1, 0.15) is 28.7 Å². The number of rotatable bonds is 9. The van der Waals surface area contributed by atoms with Gasteiger partial charge in [0.25, 0.3) is 5.91 Å². The molecule has 12 heteroatoms. The second-order valence-corrected chi connectivity index (χ2v) is 11.3. The van der Waals surface area contributed by atoms with Crippen molar-refractivity contribution in [2.75, 3.05) is 31.8 Å². The highest BCUT2D eigenvalue weighted by atomic mass is 32.1. The number of fused-ring (bicyclic) bond motifs is 1. The Balaban J connectivity index is 1.63. The molecule has 3 aromatic rings. The van der Waals surface area contributed by atoms with E-state index in [0.29, 0.717) is 58.7 Å². The van der Waals surface area contributed by atoms with Gasteiger partial charge in [0.05, 0.1) is 36.4 Å². The van der Waals surface area contributed by atoms with Gasteiger partial charge < -0.3 is 33.7 Å². The minimum atomic E-state index is -1.72. The first-order valence-electron chi connectivity index (χ1n) is 13.1. The monoisotopic (exact) mass is 571 g/mol. The number of carboxylic acids is 1. The number of carbonyl (C=O) groups excluding carboxylic acids is 1. The maximum absolute atomic E-state index is 13.9. The lowest BCUT2D eigenvalue weighted by molar-refractivity contribution is -0.154. The number of carboxylic acid groups (broad SMARTS) is 1. The van der Waals surface area contributed by atoms with Gasteiger partial charge in [0, 0.05) is 18.8 Å². The van der Waals surface area contributed by atoms with Crippen molar-refractivity contribution in [3.05, 3.63) is 53.4 Å². The van der Waals surface area contributed by atoms with Crippen LogP contribution in [0.15, 0.2) is 41.1 Å². The normalized spacial score (nSPS) is 19.0. The fourth-order valence-electron chi connectivity index (χ4n) is 5.15. The Morgan fingerprint density at radius 3 is 2.65 bits per heavy atom. The van der Waals surface area contributed by atoms with Crippen molar-refractivity contribution in [2.45, 2.75) is 57.7 Å². The summed E-state index contributed by atoms with van der Waals surface area (Å²) in [5, 5.41) is 22.2. The minimum absolute atomic E-state index is 0.0915. The summed E-state index contributed by atoms with van der Waals surface area (Å²) < 4.78 is 23.3. The number of hydrogen-bond acceptors (Lipinski definition) is 10. The number of aliphatic carboxylic acids is 1. The van der Waals surface area contributed by atoms with Crippen molar-refractivity contribution in [3.63, 3.8) is 0 Å². The second kappa shape index (κ2) is 11.2. The molecule has 2 atom stereocenters. The number of para-hydroxylation sites is 1. The predicted octanol–water partition coefficient (Wildman–Crippen LogP) is 4.06. The van der Waals surface area contributed by atoms with E-state index in [2.05, 4.69) is 4.98 Å². The van der Waals surface area contributed by atoms with Crippen LogP contribution in [0.25, 0.3) is 10.8 Å². The summed E-state index contributed by atoms with van der Waals surface area (Å²) in [5.74, 6) is -0.878. The Bertz CT molecular complexity index is 1370. The maximum atomic E-state index is 13.9. The average Bonchev–Trinajstić information content (AvgIpc) is 3.59. The lowest BCUT2D eigenvalue weighted by Gasteiger charge is -2.47. The minimum Gasteiger partial charge on any atom is -0.496 e. The molecule has 1 saturated heterocycles. The van der Waals surface area contributed by atoms with Gasteiger partial charge in [-0.05, 0) is 45.2 Å². The molecule has 11 nitrogen and oxygen atoms in total. The van der Waals surface area contributed by atoms with E-state index in [-0.39, 0.29) is 12.6 Å². The number of methoxy groups -OCH3 is 1. The fourth-order valence-corrected chi connectivity index (χ4v) is 6.42. The number of aliphatic hydroxyl groups is 1. The van der Waals surface area contributed by atoms with Crippen LogP contribution in [0.2, 0.25) is 0 Å². The van der Waals surface area contributed by atoms with Crippen molar-refractivity contribution >= 4 is 28.2 Å². The first-order valence-corrected chi connectivity index (χ1v) is 13.9. The lowest BCUT2D eigenvalue weighted by Crippen LogP contribution is -2.65. The standard InChI is InChI=1S/C28H33N3O8S/c1-16-21-24(32)31(28(2,3)26(33)34)27(35)30(25(21)40-22(16)23-29-11-14-38-23)15-20(39-17-9-12-37-13-10-17)18-7-5-6-8-19(18)36-4/h5-8,11,14,17,20,27,35H,9-10,12-13,15H2,1-4H3,(H,33,34)/t20-,27?/m0/s1. The molecule has 2 aliphatic heterocycles. The van der Waals surface area contributed by atoms with Gasteiger partial charge >= 0.3 is 5.97 Å². The number of nitrogens with zero attached hydrogens (tertiary/aromatic N) is 3. The highest BCUT2D eigenvalue weighted by Gasteiger charge is 2.50.